The van der Waals surface area contributed by atoms with Gasteiger partial charge in [-0.1, -0.05) is 23.2 Å². The van der Waals surface area contributed by atoms with Crippen molar-refractivity contribution in [3.05, 3.63) is 51.9 Å². The van der Waals surface area contributed by atoms with Crippen molar-refractivity contribution in [2.45, 2.75) is 0 Å². The zero-order chi connectivity index (χ0) is 14.0. The topological polar surface area (TPSA) is 39.2 Å². The van der Waals surface area contributed by atoms with E-state index in [1.165, 1.54) is 31.5 Å². The second-order valence-corrected chi connectivity index (χ2v) is 4.58. The van der Waals surface area contributed by atoms with E-state index in [9.17, 15) is 9.18 Å². The van der Waals surface area contributed by atoms with Crippen LogP contribution < -0.4 is 0 Å². The summed E-state index contributed by atoms with van der Waals surface area (Å²) in [7, 11) is 1.21. The quantitative estimate of drug-likeness (QED) is 0.787. The predicted octanol–water partition coefficient (Wildman–Crippen LogP) is 3.98. The molecule has 19 heavy (non-hydrogen) atoms. The third-order valence-corrected chi connectivity index (χ3v) is 2.83. The molecule has 0 spiro atoms. The Labute approximate surface area is 118 Å². The van der Waals surface area contributed by atoms with Gasteiger partial charge in [-0.25, -0.2) is 9.18 Å². The van der Waals surface area contributed by atoms with Crippen molar-refractivity contribution in [1.82, 2.24) is 4.98 Å². The van der Waals surface area contributed by atoms with E-state index in [1.807, 2.05) is 0 Å². The lowest BCUT2D eigenvalue weighted by Gasteiger charge is -2.06. The maximum atomic E-state index is 13.9. The Morgan fingerprint density at radius 1 is 1.21 bits per heavy atom. The van der Waals surface area contributed by atoms with Crippen molar-refractivity contribution >= 4 is 29.2 Å². The molecular formula is C13H8Cl2FNO2. The highest BCUT2D eigenvalue weighted by Gasteiger charge is 2.13. The first-order valence-corrected chi connectivity index (χ1v) is 5.97. The van der Waals surface area contributed by atoms with Crippen molar-refractivity contribution in [3.63, 3.8) is 0 Å². The highest BCUT2D eigenvalue weighted by Crippen LogP contribution is 2.27. The number of methoxy groups -OCH3 is 1. The van der Waals surface area contributed by atoms with Gasteiger partial charge in [0.05, 0.1) is 12.7 Å². The Kier molecular flexibility index (Phi) is 4.02. The van der Waals surface area contributed by atoms with Crippen LogP contribution in [-0.2, 0) is 4.74 Å². The van der Waals surface area contributed by atoms with Crippen LogP contribution in [0.5, 0.6) is 0 Å². The summed E-state index contributed by atoms with van der Waals surface area (Å²) >= 11 is 11.7. The van der Waals surface area contributed by atoms with Crippen molar-refractivity contribution in [1.29, 1.82) is 0 Å². The fraction of sp³-hybridized carbons (Fsp3) is 0.0769. The number of hydrogen-bond acceptors (Lipinski definition) is 3. The average Bonchev–Trinajstić information content (AvgIpc) is 2.36. The summed E-state index contributed by atoms with van der Waals surface area (Å²) in [6.45, 7) is 0. The van der Waals surface area contributed by atoms with Crippen molar-refractivity contribution < 1.29 is 13.9 Å². The van der Waals surface area contributed by atoms with Crippen molar-refractivity contribution in [3.8, 4) is 11.3 Å². The fourth-order valence-electron chi connectivity index (χ4n) is 1.57. The first-order chi connectivity index (χ1) is 9.01. The standard InChI is InChI=1S/C13H8Cl2FNO2/c1-19-13(18)8-4-11(16)12(17-6-8)7-2-9(14)5-10(15)3-7/h2-6H,1H3. The number of rotatable bonds is 2. The number of ether oxygens (including phenoxy) is 1. The molecule has 0 N–H and O–H groups in total. The van der Waals surface area contributed by atoms with Crippen LogP contribution in [0.2, 0.25) is 10.0 Å². The molecule has 0 aliphatic carbocycles. The Morgan fingerprint density at radius 2 is 1.84 bits per heavy atom. The number of carbonyl (C=O) groups excluding carboxylic acids is 1. The third kappa shape index (κ3) is 3.03. The molecule has 1 aromatic carbocycles. The molecule has 2 aromatic rings. The number of aromatic nitrogens is 1. The molecule has 1 heterocycles. The third-order valence-electron chi connectivity index (χ3n) is 2.40. The highest BCUT2D eigenvalue weighted by atomic mass is 35.5. The predicted molar refractivity (Wildman–Crippen MR) is 71.0 cm³/mol. The van der Waals surface area contributed by atoms with E-state index < -0.39 is 11.8 Å². The van der Waals surface area contributed by atoms with Gasteiger partial charge in [0.25, 0.3) is 0 Å². The fourth-order valence-corrected chi connectivity index (χ4v) is 2.10. The van der Waals surface area contributed by atoms with Crippen LogP contribution in [0.1, 0.15) is 10.4 Å². The number of carbonyl (C=O) groups is 1. The molecule has 0 radical (unpaired) electrons. The number of halogens is 3. The molecule has 0 fully saturated rings. The van der Waals surface area contributed by atoms with E-state index in [1.54, 1.807) is 0 Å². The minimum Gasteiger partial charge on any atom is -0.465 e. The van der Waals surface area contributed by atoms with Crippen LogP contribution in [0.4, 0.5) is 4.39 Å². The lowest BCUT2D eigenvalue weighted by Crippen LogP contribution is -2.03. The number of esters is 1. The zero-order valence-electron chi connectivity index (χ0n) is 9.78. The SMILES string of the molecule is COC(=O)c1cnc(-c2cc(Cl)cc(Cl)c2)c(F)c1. The summed E-state index contributed by atoms with van der Waals surface area (Å²) in [6, 6.07) is 5.67. The highest BCUT2D eigenvalue weighted by molar-refractivity contribution is 6.35. The van der Waals surface area contributed by atoms with Gasteiger partial charge in [0.15, 0.2) is 0 Å². The Bertz CT molecular complexity index is 626. The summed E-state index contributed by atoms with van der Waals surface area (Å²) in [5.74, 6) is -1.30. The molecule has 98 valence electrons. The Hall–Kier alpha value is -1.65. The van der Waals surface area contributed by atoms with Crippen LogP contribution in [0.3, 0.4) is 0 Å². The molecule has 6 heteroatoms. The van der Waals surface area contributed by atoms with E-state index in [4.69, 9.17) is 23.2 Å². The van der Waals surface area contributed by atoms with E-state index >= 15 is 0 Å². The molecule has 0 bridgehead atoms. The maximum Gasteiger partial charge on any atom is 0.339 e. The molecule has 0 aliphatic heterocycles. The van der Waals surface area contributed by atoms with Crippen LogP contribution >= 0.6 is 23.2 Å². The summed E-state index contributed by atoms with van der Waals surface area (Å²) in [4.78, 5) is 15.2. The van der Waals surface area contributed by atoms with E-state index in [0.717, 1.165) is 6.07 Å². The first kappa shape index (κ1) is 13.8. The summed E-state index contributed by atoms with van der Waals surface area (Å²) in [5, 5.41) is 0.751. The summed E-state index contributed by atoms with van der Waals surface area (Å²) < 4.78 is 18.4. The summed E-state index contributed by atoms with van der Waals surface area (Å²) in [5.41, 5.74) is 0.542. The molecule has 0 saturated carbocycles. The van der Waals surface area contributed by atoms with Gasteiger partial charge in [-0.05, 0) is 24.3 Å². The normalized spacial score (nSPS) is 10.3. The van der Waals surface area contributed by atoms with Gasteiger partial charge in [-0.15, -0.1) is 0 Å². The van der Waals surface area contributed by atoms with Crippen LogP contribution in [0.25, 0.3) is 11.3 Å². The smallest absolute Gasteiger partial charge is 0.339 e. The minimum absolute atomic E-state index is 0.0388. The Morgan fingerprint density at radius 3 is 2.37 bits per heavy atom. The van der Waals surface area contributed by atoms with Crippen LogP contribution in [0, 0.1) is 5.82 Å². The second-order valence-electron chi connectivity index (χ2n) is 3.70. The minimum atomic E-state index is -0.652. The first-order valence-electron chi connectivity index (χ1n) is 5.21. The van der Waals surface area contributed by atoms with Crippen LogP contribution in [0.15, 0.2) is 30.5 Å². The number of nitrogens with zero attached hydrogens (tertiary/aromatic N) is 1. The largest absolute Gasteiger partial charge is 0.465 e. The van der Waals surface area contributed by atoms with Gasteiger partial charge >= 0.3 is 5.97 Å². The number of benzene rings is 1. The Balaban J connectivity index is 2.49. The lowest BCUT2D eigenvalue weighted by molar-refractivity contribution is 0.0599. The average molecular weight is 300 g/mol. The van der Waals surface area contributed by atoms with Crippen LogP contribution in [-0.4, -0.2) is 18.1 Å². The van der Waals surface area contributed by atoms with Gasteiger partial charge in [0, 0.05) is 21.8 Å². The van der Waals surface area contributed by atoms with Crippen molar-refractivity contribution in [2.75, 3.05) is 7.11 Å². The van der Waals surface area contributed by atoms with E-state index in [0.29, 0.717) is 15.6 Å². The molecule has 0 unspecified atom stereocenters. The monoisotopic (exact) mass is 299 g/mol. The van der Waals surface area contributed by atoms with Crippen molar-refractivity contribution in [2.24, 2.45) is 0 Å². The van der Waals surface area contributed by atoms with Gasteiger partial charge in [-0.3, -0.25) is 4.98 Å². The lowest BCUT2D eigenvalue weighted by atomic mass is 10.1. The van der Waals surface area contributed by atoms with Gasteiger partial charge in [0.2, 0.25) is 0 Å². The second kappa shape index (κ2) is 5.55. The molecule has 0 amide bonds. The van der Waals surface area contributed by atoms with E-state index in [-0.39, 0.29) is 11.3 Å². The molecule has 0 aliphatic rings. The van der Waals surface area contributed by atoms with E-state index in [2.05, 4.69) is 9.72 Å². The number of pyridine rings is 1. The molecular weight excluding hydrogens is 292 g/mol. The number of hydrogen-bond donors (Lipinski definition) is 0. The molecule has 1 aromatic heterocycles. The zero-order valence-corrected chi connectivity index (χ0v) is 11.3. The molecule has 0 saturated heterocycles. The summed E-state index contributed by atoms with van der Waals surface area (Å²) in [6.07, 6.45) is 1.24. The van der Waals surface area contributed by atoms with Gasteiger partial charge in [-0.2, -0.15) is 0 Å². The molecule has 0 atom stereocenters. The molecule has 2 rings (SSSR count). The molecule has 3 nitrogen and oxygen atoms in total. The van der Waals surface area contributed by atoms with Gasteiger partial charge in [0.1, 0.15) is 11.5 Å². The van der Waals surface area contributed by atoms with Gasteiger partial charge < -0.3 is 4.74 Å². The maximum absolute atomic E-state index is 13.9.